The van der Waals surface area contributed by atoms with Crippen LogP contribution in [0.15, 0.2) is 66.7 Å². The Morgan fingerprint density at radius 3 is 2.09 bits per heavy atom. The van der Waals surface area contributed by atoms with Gasteiger partial charge in [0.1, 0.15) is 5.75 Å². The zero-order valence-electron chi connectivity index (χ0n) is 19.5. The third kappa shape index (κ3) is 6.33. The maximum absolute atomic E-state index is 13.2. The number of hydrogen-bond donors (Lipinski definition) is 1. The van der Waals surface area contributed by atoms with Crippen molar-refractivity contribution in [2.24, 2.45) is 0 Å². The minimum Gasteiger partial charge on any atom is -0.496 e. The van der Waals surface area contributed by atoms with Crippen LogP contribution in [-0.4, -0.2) is 27.6 Å². The molecule has 0 saturated carbocycles. The quantitative estimate of drug-likeness (QED) is 0.357. The van der Waals surface area contributed by atoms with Crippen LogP contribution >= 0.6 is 0 Å². The van der Waals surface area contributed by atoms with Crippen molar-refractivity contribution in [2.45, 2.75) is 26.2 Å². The Morgan fingerprint density at radius 1 is 0.909 bits per heavy atom. The fourth-order valence-electron chi connectivity index (χ4n) is 3.51. The fourth-order valence-corrected chi connectivity index (χ4v) is 4.07. The smallest absolute Gasteiger partial charge is 0.229 e. The lowest BCUT2D eigenvalue weighted by atomic mass is 9.83. The van der Waals surface area contributed by atoms with Gasteiger partial charge in [0.05, 0.1) is 13.4 Å². The maximum Gasteiger partial charge on any atom is 0.229 e. The Hall–Kier alpha value is -3.38. The summed E-state index contributed by atoms with van der Waals surface area (Å²) >= 11 is 0. The van der Waals surface area contributed by atoms with E-state index >= 15 is 0 Å². The minimum atomic E-state index is -3.33. The molecule has 6 heteroatoms. The zero-order chi connectivity index (χ0) is 24.2. The predicted molar refractivity (Wildman–Crippen MR) is 135 cm³/mol. The van der Waals surface area contributed by atoms with Crippen LogP contribution in [0.1, 0.15) is 53.4 Å². The Kier molecular flexibility index (Phi) is 7.08. The van der Waals surface area contributed by atoms with Crippen LogP contribution in [0, 0.1) is 0 Å². The summed E-state index contributed by atoms with van der Waals surface area (Å²) < 4.78 is 31.0. The molecule has 3 aromatic carbocycles. The Labute approximate surface area is 196 Å². The van der Waals surface area contributed by atoms with Crippen LogP contribution in [-0.2, 0) is 15.4 Å². The number of carbonyl (C=O) groups is 1. The highest BCUT2D eigenvalue weighted by Crippen LogP contribution is 2.37. The molecule has 0 spiro atoms. The topological polar surface area (TPSA) is 72.5 Å². The molecule has 0 aliphatic heterocycles. The molecule has 0 aromatic heterocycles. The SMILES string of the molecule is COc1c(C=Cc2ccc(NS(C)(=O)=O)cc2)cc(C(=O)c2ccccc2)cc1C(C)(C)C. The molecule has 0 unspecified atom stereocenters. The minimum absolute atomic E-state index is 0.0467. The summed E-state index contributed by atoms with van der Waals surface area (Å²) in [6.45, 7) is 6.26. The van der Waals surface area contributed by atoms with Crippen molar-refractivity contribution >= 4 is 33.6 Å². The van der Waals surface area contributed by atoms with Crippen LogP contribution in [0.25, 0.3) is 12.2 Å². The highest BCUT2D eigenvalue weighted by Gasteiger charge is 2.23. The molecule has 0 bridgehead atoms. The van der Waals surface area contributed by atoms with Crippen molar-refractivity contribution in [3.63, 3.8) is 0 Å². The number of hydrogen-bond acceptors (Lipinski definition) is 4. The van der Waals surface area contributed by atoms with Crippen molar-refractivity contribution in [2.75, 3.05) is 18.1 Å². The largest absolute Gasteiger partial charge is 0.496 e. The summed E-state index contributed by atoms with van der Waals surface area (Å²) in [5.74, 6) is 0.674. The number of benzene rings is 3. The standard InChI is InChI=1S/C27H29NO4S/c1-27(2,3)24-18-22(25(29)20-9-7-6-8-10-20)17-21(26(24)32-4)14-11-19-12-15-23(16-13-19)28-33(5,30)31/h6-18,28H,1-5H3. The first-order chi connectivity index (χ1) is 15.5. The van der Waals surface area contributed by atoms with Gasteiger partial charge in [0, 0.05) is 27.9 Å². The van der Waals surface area contributed by atoms with Crippen LogP contribution in [0.2, 0.25) is 0 Å². The number of ether oxygens (including phenoxy) is 1. The molecule has 172 valence electrons. The van der Waals surface area contributed by atoms with Gasteiger partial charge >= 0.3 is 0 Å². The van der Waals surface area contributed by atoms with Gasteiger partial charge in [-0.25, -0.2) is 8.42 Å². The van der Waals surface area contributed by atoms with Crippen molar-refractivity contribution in [1.82, 2.24) is 0 Å². The summed E-state index contributed by atoms with van der Waals surface area (Å²) in [6.07, 6.45) is 4.93. The van der Waals surface area contributed by atoms with Crippen molar-refractivity contribution < 1.29 is 17.9 Å². The molecular weight excluding hydrogens is 434 g/mol. The second-order valence-corrected chi connectivity index (χ2v) is 10.7. The van der Waals surface area contributed by atoms with Gasteiger partial charge in [-0.15, -0.1) is 0 Å². The molecular formula is C27H29NO4S. The fraction of sp³-hybridized carbons (Fsp3) is 0.222. The molecule has 0 amide bonds. The number of ketones is 1. The Bertz CT molecular complexity index is 1270. The lowest BCUT2D eigenvalue weighted by molar-refractivity contribution is 0.103. The van der Waals surface area contributed by atoms with Crippen LogP contribution in [0.4, 0.5) is 5.69 Å². The zero-order valence-corrected chi connectivity index (χ0v) is 20.4. The predicted octanol–water partition coefficient (Wildman–Crippen LogP) is 5.77. The van der Waals surface area contributed by atoms with E-state index in [1.807, 2.05) is 66.7 Å². The van der Waals surface area contributed by atoms with Gasteiger partial charge in [0.2, 0.25) is 10.0 Å². The molecule has 0 atom stereocenters. The van der Waals surface area contributed by atoms with Crippen LogP contribution in [0.3, 0.4) is 0 Å². The first-order valence-corrected chi connectivity index (χ1v) is 12.5. The number of sulfonamides is 1. The molecule has 5 nitrogen and oxygen atoms in total. The van der Waals surface area contributed by atoms with Crippen LogP contribution < -0.4 is 9.46 Å². The van der Waals surface area contributed by atoms with E-state index < -0.39 is 10.0 Å². The molecule has 0 aliphatic carbocycles. The Balaban J connectivity index is 2.03. The van der Waals surface area contributed by atoms with E-state index in [9.17, 15) is 13.2 Å². The normalized spacial score (nSPS) is 12.0. The van der Waals surface area contributed by atoms with Gasteiger partial charge in [0.25, 0.3) is 0 Å². The molecule has 3 aromatic rings. The number of nitrogens with one attached hydrogen (secondary N) is 1. The van der Waals surface area contributed by atoms with Gasteiger partial charge in [-0.3, -0.25) is 9.52 Å². The van der Waals surface area contributed by atoms with Crippen molar-refractivity contribution in [3.05, 3.63) is 94.5 Å². The van der Waals surface area contributed by atoms with E-state index in [4.69, 9.17) is 4.74 Å². The van der Waals surface area contributed by atoms with E-state index in [1.54, 1.807) is 19.2 Å². The number of anilines is 1. The van der Waals surface area contributed by atoms with E-state index in [1.165, 1.54) is 0 Å². The molecule has 0 radical (unpaired) electrons. The summed E-state index contributed by atoms with van der Waals surface area (Å²) in [6, 6.07) is 20.0. The highest BCUT2D eigenvalue weighted by molar-refractivity contribution is 7.92. The summed E-state index contributed by atoms with van der Waals surface area (Å²) in [7, 11) is -1.69. The summed E-state index contributed by atoms with van der Waals surface area (Å²) in [5, 5.41) is 0. The van der Waals surface area contributed by atoms with Crippen LogP contribution in [0.5, 0.6) is 5.75 Å². The monoisotopic (exact) mass is 463 g/mol. The van der Waals surface area contributed by atoms with E-state index in [2.05, 4.69) is 25.5 Å². The first-order valence-electron chi connectivity index (χ1n) is 10.6. The highest BCUT2D eigenvalue weighted by atomic mass is 32.2. The van der Waals surface area contributed by atoms with Gasteiger partial charge in [-0.1, -0.05) is 75.4 Å². The molecule has 0 aliphatic rings. The molecule has 0 fully saturated rings. The number of rotatable bonds is 7. The lowest BCUT2D eigenvalue weighted by Gasteiger charge is -2.24. The second kappa shape index (κ2) is 9.63. The number of methoxy groups -OCH3 is 1. The van der Waals surface area contributed by atoms with E-state index in [0.717, 1.165) is 28.7 Å². The van der Waals surface area contributed by atoms with Gasteiger partial charge in [-0.05, 0) is 35.2 Å². The third-order valence-corrected chi connectivity index (χ3v) is 5.70. The molecule has 1 N–H and O–H groups in total. The molecule has 0 saturated heterocycles. The van der Waals surface area contributed by atoms with Gasteiger partial charge in [0.15, 0.2) is 5.78 Å². The molecule has 33 heavy (non-hydrogen) atoms. The second-order valence-electron chi connectivity index (χ2n) is 8.92. The average Bonchev–Trinajstić information content (AvgIpc) is 2.76. The lowest BCUT2D eigenvalue weighted by Crippen LogP contribution is -2.15. The van der Waals surface area contributed by atoms with Crippen molar-refractivity contribution in [3.8, 4) is 5.75 Å². The summed E-state index contributed by atoms with van der Waals surface area (Å²) in [5.41, 5.74) is 4.11. The van der Waals surface area contributed by atoms with Gasteiger partial charge < -0.3 is 4.74 Å². The summed E-state index contributed by atoms with van der Waals surface area (Å²) in [4.78, 5) is 13.2. The molecule has 0 heterocycles. The Morgan fingerprint density at radius 2 is 1.55 bits per heavy atom. The number of carbonyl (C=O) groups excluding carboxylic acids is 1. The third-order valence-electron chi connectivity index (χ3n) is 5.10. The maximum atomic E-state index is 13.2. The van der Waals surface area contributed by atoms with Crippen molar-refractivity contribution in [1.29, 1.82) is 0 Å². The van der Waals surface area contributed by atoms with Gasteiger partial charge in [-0.2, -0.15) is 0 Å². The molecule has 3 rings (SSSR count). The first kappa shape index (κ1) is 24.3. The van der Waals surface area contributed by atoms with E-state index in [-0.39, 0.29) is 11.2 Å². The van der Waals surface area contributed by atoms with E-state index in [0.29, 0.717) is 16.8 Å². The average molecular weight is 464 g/mol.